The van der Waals surface area contributed by atoms with E-state index in [0.717, 1.165) is 5.56 Å². The van der Waals surface area contributed by atoms with Crippen LogP contribution in [-0.4, -0.2) is 15.9 Å². The maximum absolute atomic E-state index is 13.6. The van der Waals surface area contributed by atoms with E-state index in [1.807, 2.05) is 0 Å². The van der Waals surface area contributed by atoms with E-state index in [0.29, 0.717) is 5.69 Å². The molecule has 0 aliphatic heterocycles. The first kappa shape index (κ1) is 12.0. The van der Waals surface area contributed by atoms with Crippen molar-refractivity contribution in [1.82, 2.24) is 9.97 Å². The van der Waals surface area contributed by atoms with Crippen molar-refractivity contribution in [2.75, 3.05) is 11.1 Å². The molecule has 0 bridgehead atoms. The van der Waals surface area contributed by atoms with E-state index < -0.39 is 11.7 Å². The number of amides is 1. The van der Waals surface area contributed by atoms with E-state index in [-0.39, 0.29) is 11.4 Å². The Morgan fingerprint density at radius 3 is 2.89 bits per heavy atom. The Kier molecular flexibility index (Phi) is 3.18. The molecule has 2 aromatic rings. The lowest BCUT2D eigenvalue weighted by molar-refractivity contribution is 0.102. The molecule has 18 heavy (non-hydrogen) atoms. The summed E-state index contributed by atoms with van der Waals surface area (Å²) in [6.07, 6.45) is 4.43. The van der Waals surface area contributed by atoms with E-state index in [9.17, 15) is 9.18 Å². The first-order chi connectivity index (χ1) is 8.59. The van der Waals surface area contributed by atoms with Crippen LogP contribution in [0, 0.1) is 12.7 Å². The van der Waals surface area contributed by atoms with Gasteiger partial charge in [0.05, 0.1) is 5.56 Å². The molecule has 0 unspecified atom stereocenters. The van der Waals surface area contributed by atoms with Gasteiger partial charge in [-0.2, -0.15) is 0 Å². The van der Waals surface area contributed by atoms with E-state index in [1.54, 1.807) is 25.4 Å². The van der Waals surface area contributed by atoms with Crippen LogP contribution >= 0.6 is 0 Å². The lowest BCUT2D eigenvalue weighted by Gasteiger charge is -2.08. The highest BCUT2D eigenvalue weighted by Gasteiger charge is 2.15. The number of halogens is 1. The second-order valence-corrected chi connectivity index (χ2v) is 3.70. The number of pyridine rings is 2. The summed E-state index contributed by atoms with van der Waals surface area (Å²) in [5.41, 5.74) is 6.52. The quantitative estimate of drug-likeness (QED) is 0.846. The molecule has 0 aliphatic carbocycles. The molecular formula is C12H11FN4O. The average Bonchev–Trinajstić information content (AvgIpc) is 2.35. The Labute approximate surface area is 103 Å². The van der Waals surface area contributed by atoms with Crippen molar-refractivity contribution in [3.05, 3.63) is 47.7 Å². The third-order valence-corrected chi connectivity index (χ3v) is 2.43. The zero-order chi connectivity index (χ0) is 13.1. The number of carbonyl (C=O) groups is 1. The third-order valence-electron chi connectivity index (χ3n) is 2.43. The minimum Gasteiger partial charge on any atom is -0.381 e. The van der Waals surface area contributed by atoms with Crippen LogP contribution in [-0.2, 0) is 0 Å². The summed E-state index contributed by atoms with van der Waals surface area (Å²) in [7, 11) is 0. The maximum Gasteiger partial charge on any atom is 0.258 e. The second-order valence-electron chi connectivity index (χ2n) is 3.70. The van der Waals surface area contributed by atoms with Gasteiger partial charge < -0.3 is 11.1 Å². The molecule has 3 N–H and O–H groups in total. The van der Waals surface area contributed by atoms with Crippen LogP contribution < -0.4 is 11.1 Å². The van der Waals surface area contributed by atoms with E-state index in [4.69, 9.17) is 5.73 Å². The Balaban J connectivity index is 2.28. The number of carbonyl (C=O) groups excluding carboxylic acids is 1. The van der Waals surface area contributed by atoms with Crippen molar-refractivity contribution in [2.24, 2.45) is 0 Å². The first-order valence-corrected chi connectivity index (χ1v) is 5.21. The smallest absolute Gasteiger partial charge is 0.258 e. The Bertz CT molecular complexity index is 600. The average molecular weight is 246 g/mol. The normalized spacial score (nSPS) is 10.1. The number of nitrogens with one attached hydrogen (secondary N) is 1. The highest BCUT2D eigenvalue weighted by atomic mass is 19.1. The van der Waals surface area contributed by atoms with Gasteiger partial charge in [-0.1, -0.05) is 0 Å². The highest BCUT2D eigenvalue weighted by molar-refractivity contribution is 6.05. The van der Waals surface area contributed by atoms with Gasteiger partial charge in [-0.25, -0.2) is 9.37 Å². The summed E-state index contributed by atoms with van der Waals surface area (Å²) in [5, 5.41) is 2.59. The fraction of sp³-hybridized carbons (Fsp3) is 0.0833. The summed E-state index contributed by atoms with van der Waals surface area (Å²) >= 11 is 0. The minimum atomic E-state index is -0.818. The molecule has 0 radical (unpaired) electrons. The van der Waals surface area contributed by atoms with Gasteiger partial charge in [0.25, 0.3) is 5.91 Å². The number of nitrogens with zero attached hydrogens (tertiary/aromatic N) is 2. The van der Waals surface area contributed by atoms with Gasteiger partial charge in [0, 0.05) is 24.3 Å². The largest absolute Gasteiger partial charge is 0.381 e. The van der Waals surface area contributed by atoms with Crippen molar-refractivity contribution in [3.63, 3.8) is 0 Å². The molecule has 0 atom stereocenters. The first-order valence-electron chi connectivity index (χ1n) is 5.21. The van der Waals surface area contributed by atoms with Crippen molar-refractivity contribution in [3.8, 4) is 0 Å². The number of nitrogens with two attached hydrogens (primary N) is 1. The highest BCUT2D eigenvalue weighted by Crippen LogP contribution is 2.16. The van der Waals surface area contributed by atoms with Gasteiger partial charge in [-0.15, -0.1) is 0 Å². The van der Waals surface area contributed by atoms with Gasteiger partial charge in [0.1, 0.15) is 0 Å². The number of hydrogen-bond donors (Lipinski definition) is 2. The van der Waals surface area contributed by atoms with Crippen LogP contribution in [0.4, 0.5) is 15.9 Å². The molecule has 2 aromatic heterocycles. The van der Waals surface area contributed by atoms with Crippen molar-refractivity contribution < 1.29 is 9.18 Å². The van der Waals surface area contributed by atoms with Gasteiger partial charge in [0.2, 0.25) is 0 Å². The summed E-state index contributed by atoms with van der Waals surface area (Å²) in [6.45, 7) is 1.79. The lowest BCUT2D eigenvalue weighted by Crippen LogP contribution is -2.15. The fourth-order valence-corrected chi connectivity index (χ4v) is 1.44. The van der Waals surface area contributed by atoms with Crippen LogP contribution in [0.3, 0.4) is 0 Å². The van der Waals surface area contributed by atoms with E-state index in [2.05, 4.69) is 15.3 Å². The Hall–Kier alpha value is -2.50. The molecule has 1 amide bonds. The predicted molar refractivity (Wildman–Crippen MR) is 65.5 cm³/mol. The summed E-state index contributed by atoms with van der Waals surface area (Å²) < 4.78 is 13.6. The van der Waals surface area contributed by atoms with Crippen molar-refractivity contribution >= 4 is 17.4 Å². The fourth-order valence-electron chi connectivity index (χ4n) is 1.44. The van der Waals surface area contributed by atoms with Gasteiger partial charge in [-0.05, 0) is 24.6 Å². The topological polar surface area (TPSA) is 80.9 Å². The van der Waals surface area contributed by atoms with Gasteiger partial charge in [-0.3, -0.25) is 9.78 Å². The van der Waals surface area contributed by atoms with Crippen LogP contribution in [0.2, 0.25) is 0 Å². The van der Waals surface area contributed by atoms with Crippen LogP contribution in [0.5, 0.6) is 0 Å². The number of nitrogen functional groups attached to an aromatic ring is 1. The summed E-state index contributed by atoms with van der Waals surface area (Å²) in [5.74, 6) is -1.69. The molecule has 0 saturated carbocycles. The zero-order valence-corrected chi connectivity index (χ0v) is 9.64. The Morgan fingerprint density at radius 1 is 1.39 bits per heavy atom. The molecule has 0 aromatic carbocycles. The molecule has 5 nitrogen and oxygen atoms in total. The Morgan fingerprint density at radius 2 is 2.17 bits per heavy atom. The standard InChI is InChI=1S/C12H11FN4O/c1-7-6-15-4-3-9(7)17-12(18)8-2-5-16-11(14)10(8)13/h2-6H,1H3,(H2,14,16)(H,15,17,18). The molecule has 6 heteroatoms. The van der Waals surface area contributed by atoms with E-state index >= 15 is 0 Å². The summed E-state index contributed by atoms with van der Waals surface area (Å²) in [6, 6.07) is 2.91. The third kappa shape index (κ3) is 2.27. The van der Waals surface area contributed by atoms with Crippen molar-refractivity contribution in [1.29, 1.82) is 0 Å². The predicted octanol–water partition coefficient (Wildman–Crippen LogP) is 1.76. The number of hydrogen-bond acceptors (Lipinski definition) is 4. The number of aryl methyl sites for hydroxylation is 1. The van der Waals surface area contributed by atoms with Crippen LogP contribution in [0.1, 0.15) is 15.9 Å². The number of aromatic nitrogens is 2. The molecular weight excluding hydrogens is 235 g/mol. The van der Waals surface area contributed by atoms with Crippen LogP contribution in [0.25, 0.3) is 0 Å². The van der Waals surface area contributed by atoms with Crippen LogP contribution in [0.15, 0.2) is 30.7 Å². The van der Waals surface area contributed by atoms with Gasteiger partial charge >= 0.3 is 0 Å². The summed E-state index contributed by atoms with van der Waals surface area (Å²) in [4.78, 5) is 19.3. The van der Waals surface area contributed by atoms with Crippen molar-refractivity contribution in [2.45, 2.75) is 6.92 Å². The molecule has 0 spiro atoms. The molecule has 0 aliphatic rings. The maximum atomic E-state index is 13.6. The second kappa shape index (κ2) is 4.79. The molecule has 2 heterocycles. The SMILES string of the molecule is Cc1cnccc1NC(=O)c1ccnc(N)c1F. The number of anilines is 2. The minimum absolute atomic E-state index is 0.140. The monoisotopic (exact) mass is 246 g/mol. The lowest BCUT2D eigenvalue weighted by atomic mass is 10.2. The molecule has 0 fully saturated rings. The molecule has 92 valence electrons. The molecule has 2 rings (SSSR count). The number of rotatable bonds is 2. The van der Waals surface area contributed by atoms with Gasteiger partial charge in [0.15, 0.2) is 11.6 Å². The van der Waals surface area contributed by atoms with E-state index in [1.165, 1.54) is 12.3 Å². The molecule has 0 saturated heterocycles. The zero-order valence-electron chi connectivity index (χ0n) is 9.64.